The van der Waals surface area contributed by atoms with E-state index in [2.05, 4.69) is 20.2 Å². The molecule has 1 atom stereocenters. The summed E-state index contributed by atoms with van der Waals surface area (Å²) in [6.45, 7) is 5.43. The van der Waals surface area contributed by atoms with Crippen LogP contribution in [-0.4, -0.2) is 75.8 Å². The number of halogens is 1. The highest BCUT2D eigenvalue weighted by Crippen LogP contribution is 2.29. The molecule has 3 heterocycles. The minimum absolute atomic E-state index is 0.0401. The van der Waals surface area contributed by atoms with Crippen LogP contribution in [0.25, 0.3) is 11.4 Å². The molecule has 10 nitrogen and oxygen atoms in total. The van der Waals surface area contributed by atoms with Gasteiger partial charge in [-0.15, -0.1) is 10.2 Å². The van der Waals surface area contributed by atoms with Crippen molar-refractivity contribution in [3.63, 3.8) is 0 Å². The first-order valence-electron chi connectivity index (χ1n) is 9.12. The molecule has 1 aliphatic heterocycles. The third kappa shape index (κ3) is 4.83. The summed E-state index contributed by atoms with van der Waals surface area (Å²) < 4.78 is 10.4. The van der Waals surface area contributed by atoms with Gasteiger partial charge in [-0.1, -0.05) is 25.4 Å². The van der Waals surface area contributed by atoms with Gasteiger partial charge in [0.15, 0.2) is 12.5 Å². The molecule has 2 aromatic rings. The van der Waals surface area contributed by atoms with E-state index in [9.17, 15) is 9.90 Å². The van der Waals surface area contributed by atoms with Gasteiger partial charge >= 0.3 is 6.09 Å². The van der Waals surface area contributed by atoms with Crippen LogP contribution in [0, 0.1) is 5.92 Å². The Bertz CT molecular complexity index is 851. The van der Waals surface area contributed by atoms with Gasteiger partial charge in [0.2, 0.25) is 5.95 Å². The average Bonchev–Trinajstić information content (AvgIpc) is 2.72. The molecule has 0 radical (unpaired) electrons. The third-order valence-electron chi connectivity index (χ3n) is 4.66. The van der Waals surface area contributed by atoms with E-state index >= 15 is 0 Å². The molecule has 0 saturated carbocycles. The Hall–Kier alpha value is -2.72. The SMILES string of the molecule is COCOc1cc(Cl)cnc1-c1cnc(N2CCN(C(=O)O)C(C(C)C)C2)nn1. The van der Waals surface area contributed by atoms with Crippen LogP contribution in [0.3, 0.4) is 0 Å². The van der Waals surface area contributed by atoms with Crippen molar-refractivity contribution in [1.82, 2.24) is 25.1 Å². The summed E-state index contributed by atoms with van der Waals surface area (Å²) in [5, 5.41) is 18.3. The molecule has 1 fully saturated rings. The third-order valence-corrected chi connectivity index (χ3v) is 4.87. The Morgan fingerprint density at radius 1 is 1.31 bits per heavy atom. The molecule has 1 unspecified atom stereocenters. The predicted molar refractivity (Wildman–Crippen MR) is 106 cm³/mol. The molecule has 1 amide bonds. The fourth-order valence-corrected chi connectivity index (χ4v) is 3.32. The Morgan fingerprint density at radius 3 is 2.72 bits per heavy atom. The van der Waals surface area contributed by atoms with Crippen LogP contribution < -0.4 is 9.64 Å². The van der Waals surface area contributed by atoms with Gasteiger partial charge in [0, 0.05) is 39.0 Å². The lowest BCUT2D eigenvalue weighted by Gasteiger charge is -2.41. The normalized spacial score (nSPS) is 16.9. The van der Waals surface area contributed by atoms with E-state index in [-0.39, 0.29) is 18.8 Å². The summed E-state index contributed by atoms with van der Waals surface area (Å²) in [4.78, 5) is 23.6. The second-order valence-corrected chi connectivity index (χ2v) is 7.36. The van der Waals surface area contributed by atoms with Crippen LogP contribution >= 0.6 is 11.6 Å². The molecule has 156 valence electrons. The van der Waals surface area contributed by atoms with Crippen molar-refractivity contribution < 1.29 is 19.4 Å². The number of carbonyl (C=O) groups is 1. The van der Waals surface area contributed by atoms with Gasteiger partial charge in [0.1, 0.15) is 11.4 Å². The van der Waals surface area contributed by atoms with Crippen molar-refractivity contribution in [3.05, 3.63) is 23.5 Å². The molecule has 11 heteroatoms. The van der Waals surface area contributed by atoms with E-state index in [1.807, 2.05) is 18.7 Å². The summed E-state index contributed by atoms with van der Waals surface area (Å²) in [6, 6.07) is 1.48. The quantitative estimate of drug-likeness (QED) is 0.700. The van der Waals surface area contributed by atoms with Gasteiger partial charge in [0.25, 0.3) is 0 Å². The zero-order valence-corrected chi connectivity index (χ0v) is 17.2. The molecule has 0 spiro atoms. The van der Waals surface area contributed by atoms with Gasteiger partial charge < -0.3 is 24.4 Å². The fourth-order valence-electron chi connectivity index (χ4n) is 3.17. The number of carboxylic acid groups (broad SMARTS) is 1. The highest BCUT2D eigenvalue weighted by molar-refractivity contribution is 6.30. The molecule has 0 bridgehead atoms. The van der Waals surface area contributed by atoms with E-state index in [4.69, 9.17) is 21.1 Å². The van der Waals surface area contributed by atoms with Crippen molar-refractivity contribution >= 4 is 23.6 Å². The lowest BCUT2D eigenvalue weighted by molar-refractivity contribution is 0.0513. The average molecular weight is 423 g/mol. The topological polar surface area (TPSA) is 114 Å². The minimum atomic E-state index is -0.907. The minimum Gasteiger partial charge on any atom is -0.465 e. The van der Waals surface area contributed by atoms with Gasteiger partial charge in [-0.2, -0.15) is 0 Å². The number of pyridine rings is 1. The lowest BCUT2D eigenvalue weighted by Crippen LogP contribution is -2.57. The van der Waals surface area contributed by atoms with Crippen LogP contribution in [0.1, 0.15) is 13.8 Å². The number of hydrogen-bond donors (Lipinski definition) is 1. The van der Waals surface area contributed by atoms with Crippen LogP contribution in [0.4, 0.5) is 10.7 Å². The monoisotopic (exact) mass is 422 g/mol. The van der Waals surface area contributed by atoms with E-state index in [0.29, 0.717) is 47.7 Å². The Kier molecular flexibility index (Phi) is 6.65. The zero-order chi connectivity index (χ0) is 21.0. The number of aromatic nitrogens is 4. The van der Waals surface area contributed by atoms with E-state index < -0.39 is 6.09 Å². The maximum atomic E-state index is 11.5. The van der Waals surface area contributed by atoms with Gasteiger partial charge in [-0.25, -0.2) is 14.8 Å². The number of nitrogens with zero attached hydrogens (tertiary/aromatic N) is 6. The Labute approximate surface area is 173 Å². The molecule has 0 aliphatic carbocycles. The molecular formula is C18H23ClN6O4. The summed E-state index contributed by atoms with van der Waals surface area (Å²) in [5.74, 6) is 1.02. The Morgan fingerprint density at radius 2 is 2.10 bits per heavy atom. The first-order valence-corrected chi connectivity index (χ1v) is 9.50. The molecule has 1 aliphatic rings. The smallest absolute Gasteiger partial charge is 0.407 e. The van der Waals surface area contributed by atoms with Crippen molar-refractivity contribution in [2.24, 2.45) is 5.92 Å². The highest BCUT2D eigenvalue weighted by atomic mass is 35.5. The molecule has 0 aromatic carbocycles. The zero-order valence-electron chi connectivity index (χ0n) is 16.4. The number of ether oxygens (including phenoxy) is 2. The lowest BCUT2D eigenvalue weighted by atomic mass is 10.0. The highest BCUT2D eigenvalue weighted by Gasteiger charge is 2.33. The number of piperazine rings is 1. The molecule has 1 N–H and O–H groups in total. The standard InChI is InChI=1S/C18H23ClN6O4/c1-11(2)14-9-24(4-5-25(14)18(26)27)17-21-8-13(22-23-17)16-15(29-10-28-3)6-12(19)7-20-16/h6-8,11,14H,4-5,9-10H2,1-3H3,(H,26,27). The fraction of sp³-hybridized carbons (Fsp3) is 0.500. The van der Waals surface area contributed by atoms with Crippen LogP contribution in [-0.2, 0) is 4.74 Å². The van der Waals surface area contributed by atoms with Gasteiger partial charge in [-0.3, -0.25) is 0 Å². The first kappa shape index (κ1) is 21.0. The molecule has 2 aromatic heterocycles. The second kappa shape index (κ2) is 9.19. The van der Waals surface area contributed by atoms with E-state index in [1.165, 1.54) is 18.2 Å². The number of anilines is 1. The van der Waals surface area contributed by atoms with E-state index in [1.54, 1.807) is 12.3 Å². The molecule has 29 heavy (non-hydrogen) atoms. The van der Waals surface area contributed by atoms with Crippen molar-refractivity contribution in [2.45, 2.75) is 19.9 Å². The molecule has 3 rings (SSSR count). The second-order valence-electron chi connectivity index (χ2n) is 6.93. The van der Waals surface area contributed by atoms with Crippen molar-refractivity contribution in [3.8, 4) is 17.1 Å². The predicted octanol–water partition coefficient (Wildman–Crippen LogP) is 2.39. The number of rotatable bonds is 6. The largest absolute Gasteiger partial charge is 0.465 e. The summed E-state index contributed by atoms with van der Waals surface area (Å²) in [7, 11) is 1.52. The van der Waals surface area contributed by atoms with Gasteiger partial charge in [0.05, 0.1) is 17.3 Å². The first-order chi connectivity index (χ1) is 13.9. The van der Waals surface area contributed by atoms with E-state index in [0.717, 1.165) is 0 Å². The molecular weight excluding hydrogens is 400 g/mol. The van der Waals surface area contributed by atoms with Crippen LogP contribution in [0.15, 0.2) is 18.5 Å². The number of methoxy groups -OCH3 is 1. The number of hydrogen-bond acceptors (Lipinski definition) is 8. The van der Waals surface area contributed by atoms with Crippen molar-refractivity contribution in [1.29, 1.82) is 0 Å². The summed E-state index contributed by atoms with van der Waals surface area (Å²) in [6.07, 6.45) is 2.14. The summed E-state index contributed by atoms with van der Waals surface area (Å²) in [5.41, 5.74) is 0.884. The van der Waals surface area contributed by atoms with Gasteiger partial charge in [-0.05, 0) is 5.92 Å². The van der Waals surface area contributed by atoms with Crippen LogP contribution in [0.2, 0.25) is 5.02 Å². The van der Waals surface area contributed by atoms with Crippen LogP contribution in [0.5, 0.6) is 5.75 Å². The number of amides is 1. The van der Waals surface area contributed by atoms with Crippen molar-refractivity contribution in [2.75, 3.05) is 38.4 Å². The maximum absolute atomic E-state index is 11.5. The Balaban J connectivity index is 1.80. The maximum Gasteiger partial charge on any atom is 0.407 e. The summed E-state index contributed by atoms with van der Waals surface area (Å²) >= 11 is 6.00. The molecule has 1 saturated heterocycles.